The number of hydrogen-bond donors (Lipinski definition) is 2. The van der Waals surface area contributed by atoms with Crippen LogP contribution in [0.1, 0.15) is 49.6 Å². The third kappa shape index (κ3) is 5.50. The Morgan fingerprint density at radius 2 is 1.93 bits per heavy atom. The average Bonchev–Trinajstić information content (AvgIpc) is 3.65. The van der Waals surface area contributed by atoms with E-state index in [2.05, 4.69) is 32.7 Å². The molecule has 0 unspecified atom stereocenters. The largest absolute Gasteiger partial charge is 0.468 e. The minimum Gasteiger partial charge on any atom is -0.468 e. The number of benzene rings is 3. The van der Waals surface area contributed by atoms with Gasteiger partial charge in [0.1, 0.15) is 16.8 Å². The highest BCUT2D eigenvalue weighted by Crippen LogP contribution is 2.38. The first-order chi connectivity index (χ1) is 20.4. The molecule has 9 nitrogen and oxygen atoms in total. The second-order valence-corrected chi connectivity index (χ2v) is 11.4. The molecular weight excluding hydrogens is 552 g/mol. The Hall–Kier alpha value is -4.54. The summed E-state index contributed by atoms with van der Waals surface area (Å²) in [6, 6.07) is 18.5. The SMILES string of the molecule is COC(=O)[C@@H]1CCCN1Cc1ccc(-c2ncc(CNC(=O)c3ccc4c(c3C)NC(=O)c3ccccc3O4)s2)cc1. The zero-order valence-electron chi connectivity index (χ0n) is 23.3. The Kier molecular flexibility index (Phi) is 7.73. The first kappa shape index (κ1) is 27.6. The van der Waals surface area contributed by atoms with E-state index >= 15 is 0 Å². The van der Waals surface area contributed by atoms with Gasteiger partial charge in [0.2, 0.25) is 0 Å². The van der Waals surface area contributed by atoms with Gasteiger partial charge in [0.15, 0.2) is 5.75 Å². The quantitative estimate of drug-likeness (QED) is 0.275. The first-order valence-electron chi connectivity index (χ1n) is 13.8. The van der Waals surface area contributed by atoms with E-state index in [9.17, 15) is 14.4 Å². The van der Waals surface area contributed by atoms with Gasteiger partial charge in [-0.15, -0.1) is 11.3 Å². The molecule has 4 aromatic rings. The molecule has 6 rings (SSSR count). The van der Waals surface area contributed by atoms with Crippen LogP contribution in [0.5, 0.6) is 11.5 Å². The van der Waals surface area contributed by atoms with Crippen LogP contribution < -0.4 is 15.4 Å². The molecule has 2 aliphatic rings. The van der Waals surface area contributed by atoms with Gasteiger partial charge >= 0.3 is 5.97 Å². The number of aromatic nitrogens is 1. The predicted octanol–water partition coefficient (Wildman–Crippen LogP) is 5.54. The first-order valence-corrected chi connectivity index (χ1v) is 14.6. The van der Waals surface area contributed by atoms with Gasteiger partial charge in [-0.2, -0.15) is 0 Å². The molecule has 3 heterocycles. The topological polar surface area (TPSA) is 110 Å². The van der Waals surface area contributed by atoms with Crippen molar-refractivity contribution < 1.29 is 23.9 Å². The van der Waals surface area contributed by atoms with E-state index < -0.39 is 0 Å². The molecule has 10 heteroatoms. The van der Waals surface area contributed by atoms with Crippen LogP contribution >= 0.6 is 11.3 Å². The average molecular weight is 583 g/mol. The maximum atomic E-state index is 13.1. The van der Waals surface area contributed by atoms with Crippen molar-refractivity contribution in [3.05, 3.63) is 94.0 Å². The molecule has 0 bridgehead atoms. The minimum atomic E-state index is -0.281. The lowest BCUT2D eigenvalue weighted by molar-refractivity contribution is -0.146. The van der Waals surface area contributed by atoms with Crippen molar-refractivity contribution in [2.45, 2.75) is 38.9 Å². The lowest BCUT2D eigenvalue weighted by atomic mass is 10.0. The number of methoxy groups -OCH3 is 1. The van der Waals surface area contributed by atoms with E-state index in [0.717, 1.165) is 40.4 Å². The second kappa shape index (κ2) is 11.8. The molecule has 2 N–H and O–H groups in total. The molecule has 0 aliphatic carbocycles. The fourth-order valence-electron chi connectivity index (χ4n) is 5.41. The lowest BCUT2D eigenvalue weighted by Gasteiger charge is -2.22. The standard InChI is InChI=1S/C32H30N4O5S/c1-19-23(13-14-27-28(19)35-30(38)24-6-3-4-8-26(24)41-27)29(37)33-16-22-17-34-31(42-22)21-11-9-20(10-12-21)18-36-15-5-7-25(36)32(39)40-2/h3-4,6,8-14,17,25H,5,7,15-16,18H2,1-2H3,(H,33,37)(H,35,38)/t25-/m0/s1. The summed E-state index contributed by atoms with van der Waals surface area (Å²) in [6.07, 6.45) is 3.59. The number of rotatable bonds is 7. The van der Waals surface area contributed by atoms with E-state index in [1.807, 2.05) is 18.2 Å². The van der Waals surface area contributed by atoms with Crippen LogP contribution in [0.4, 0.5) is 5.69 Å². The molecule has 3 aromatic carbocycles. The van der Waals surface area contributed by atoms with Crippen LogP contribution in [0.3, 0.4) is 0 Å². The number of likely N-dealkylation sites (tertiary alicyclic amines) is 1. The Bertz CT molecular complexity index is 1670. The van der Waals surface area contributed by atoms with Crippen molar-refractivity contribution in [2.75, 3.05) is 19.0 Å². The number of nitrogens with zero attached hydrogens (tertiary/aromatic N) is 2. The number of carbonyl (C=O) groups excluding carboxylic acids is 3. The molecule has 0 spiro atoms. The van der Waals surface area contributed by atoms with Gasteiger partial charge in [-0.1, -0.05) is 36.4 Å². The normalized spacial score (nSPS) is 16.0. The van der Waals surface area contributed by atoms with Gasteiger partial charge in [-0.3, -0.25) is 19.3 Å². The Balaban J connectivity index is 1.09. The maximum Gasteiger partial charge on any atom is 0.323 e. The van der Waals surface area contributed by atoms with Crippen LogP contribution in [-0.4, -0.2) is 47.4 Å². The minimum absolute atomic E-state index is 0.171. The van der Waals surface area contributed by atoms with Gasteiger partial charge < -0.3 is 20.1 Å². The molecule has 2 amide bonds. The van der Waals surface area contributed by atoms with Gasteiger partial charge in [-0.05, 0) is 61.7 Å². The Labute approximate surface area is 247 Å². The number of fused-ring (bicyclic) bond motifs is 2. The third-order valence-electron chi connectivity index (χ3n) is 7.66. The van der Waals surface area contributed by atoms with Crippen LogP contribution in [0.2, 0.25) is 0 Å². The van der Waals surface area contributed by atoms with Crippen molar-refractivity contribution in [1.29, 1.82) is 0 Å². The van der Waals surface area contributed by atoms with Gasteiger partial charge in [0, 0.05) is 28.7 Å². The number of anilines is 1. The molecule has 2 aliphatic heterocycles. The van der Waals surface area contributed by atoms with Gasteiger partial charge in [-0.25, -0.2) is 4.98 Å². The fraction of sp³-hybridized carbons (Fsp3) is 0.250. The zero-order chi connectivity index (χ0) is 29.2. The number of esters is 1. The molecule has 0 radical (unpaired) electrons. The van der Waals surface area contributed by atoms with Crippen molar-refractivity contribution in [3.63, 3.8) is 0 Å². The van der Waals surface area contributed by atoms with Crippen LogP contribution in [-0.2, 0) is 22.6 Å². The zero-order valence-corrected chi connectivity index (χ0v) is 24.1. The molecular formula is C32H30N4O5S. The summed E-state index contributed by atoms with van der Waals surface area (Å²) in [5.41, 5.74) is 4.12. The lowest BCUT2D eigenvalue weighted by Crippen LogP contribution is -2.36. The summed E-state index contributed by atoms with van der Waals surface area (Å²) in [7, 11) is 1.44. The predicted molar refractivity (Wildman–Crippen MR) is 160 cm³/mol. The van der Waals surface area contributed by atoms with E-state index in [-0.39, 0.29) is 23.8 Å². The highest BCUT2D eigenvalue weighted by Gasteiger charge is 2.31. The van der Waals surface area contributed by atoms with E-state index in [4.69, 9.17) is 9.47 Å². The number of nitrogens with one attached hydrogen (secondary N) is 2. The Morgan fingerprint density at radius 1 is 1.12 bits per heavy atom. The van der Waals surface area contributed by atoms with Crippen LogP contribution in [0.25, 0.3) is 10.6 Å². The summed E-state index contributed by atoms with van der Waals surface area (Å²) in [5, 5.41) is 6.73. The van der Waals surface area contributed by atoms with Crippen molar-refractivity contribution in [2.24, 2.45) is 0 Å². The monoisotopic (exact) mass is 582 g/mol. The fourth-order valence-corrected chi connectivity index (χ4v) is 6.26. The van der Waals surface area contributed by atoms with Gasteiger partial charge in [0.25, 0.3) is 11.8 Å². The maximum absolute atomic E-state index is 13.1. The molecule has 1 atom stereocenters. The molecule has 0 saturated carbocycles. The summed E-state index contributed by atoms with van der Waals surface area (Å²) in [5.74, 6) is 0.258. The van der Waals surface area contributed by atoms with Crippen LogP contribution in [0, 0.1) is 6.92 Å². The van der Waals surface area contributed by atoms with Crippen molar-refractivity contribution in [3.8, 4) is 22.1 Å². The summed E-state index contributed by atoms with van der Waals surface area (Å²) in [6.45, 7) is 3.69. The molecule has 1 saturated heterocycles. The Morgan fingerprint density at radius 3 is 2.74 bits per heavy atom. The number of carbonyl (C=O) groups is 3. The van der Waals surface area contributed by atoms with Crippen molar-refractivity contribution >= 4 is 34.8 Å². The van der Waals surface area contributed by atoms with E-state index in [1.165, 1.54) is 18.4 Å². The summed E-state index contributed by atoms with van der Waals surface area (Å²) >= 11 is 1.52. The number of amides is 2. The second-order valence-electron chi connectivity index (χ2n) is 10.3. The van der Waals surface area contributed by atoms with E-state index in [0.29, 0.717) is 47.0 Å². The highest BCUT2D eigenvalue weighted by molar-refractivity contribution is 7.15. The number of para-hydroxylation sites is 1. The molecule has 214 valence electrons. The van der Waals surface area contributed by atoms with Crippen molar-refractivity contribution in [1.82, 2.24) is 15.2 Å². The van der Waals surface area contributed by atoms with E-state index in [1.54, 1.807) is 43.5 Å². The summed E-state index contributed by atoms with van der Waals surface area (Å²) in [4.78, 5) is 45.6. The summed E-state index contributed by atoms with van der Waals surface area (Å²) < 4.78 is 10.9. The number of thiazole rings is 1. The molecule has 42 heavy (non-hydrogen) atoms. The number of hydrogen-bond acceptors (Lipinski definition) is 8. The van der Waals surface area contributed by atoms with Gasteiger partial charge in [0.05, 0.1) is 24.9 Å². The smallest absolute Gasteiger partial charge is 0.323 e. The van der Waals surface area contributed by atoms with Crippen LogP contribution in [0.15, 0.2) is 66.9 Å². The molecule has 1 aromatic heterocycles. The molecule has 1 fully saturated rings. The highest BCUT2D eigenvalue weighted by atomic mass is 32.1. The third-order valence-corrected chi connectivity index (χ3v) is 8.71. The number of ether oxygens (including phenoxy) is 2.